The highest BCUT2D eigenvalue weighted by Crippen LogP contribution is 2.38. The fraction of sp³-hybridized carbons (Fsp3) is 0.250. The standard InChI is InChI=1S/C20H20N4O3S/c21-20-22-18(13-19(28-20)15-2-1-3-17(12-15)24(25)26)14-4-6-16(7-5-14)23-8-10-27-11-9-23/h1-7,12-13,19H,8-11H2,(H2,21,22). The minimum atomic E-state index is -0.385. The van der Waals surface area contributed by atoms with Gasteiger partial charge in [0.2, 0.25) is 0 Å². The van der Waals surface area contributed by atoms with Crippen molar-refractivity contribution in [1.29, 1.82) is 0 Å². The lowest BCUT2D eigenvalue weighted by molar-refractivity contribution is -0.384. The Morgan fingerprint density at radius 1 is 1.18 bits per heavy atom. The highest BCUT2D eigenvalue weighted by Gasteiger charge is 2.21. The van der Waals surface area contributed by atoms with Gasteiger partial charge in [-0.15, -0.1) is 0 Å². The maximum Gasteiger partial charge on any atom is 0.269 e. The SMILES string of the molecule is NC1=NC(c2ccc(N3CCOCC3)cc2)=CC(c2cccc([N+](=O)[O-])c2)S1. The van der Waals surface area contributed by atoms with Gasteiger partial charge in [-0.3, -0.25) is 10.1 Å². The van der Waals surface area contributed by atoms with E-state index in [2.05, 4.69) is 22.0 Å². The second-order valence-corrected chi connectivity index (χ2v) is 7.70. The van der Waals surface area contributed by atoms with Crippen molar-refractivity contribution in [1.82, 2.24) is 0 Å². The van der Waals surface area contributed by atoms with E-state index in [1.807, 2.05) is 24.3 Å². The third-order valence-corrected chi connectivity index (χ3v) is 5.73. The molecule has 0 saturated carbocycles. The highest BCUT2D eigenvalue weighted by atomic mass is 32.2. The number of benzene rings is 2. The van der Waals surface area contributed by atoms with Gasteiger partial charge in [-0.2, -0.15) is 0 Å². The van der Waals surface area contributed by atoms with Gasteiger partial charge in [0, 0.05) is 36.5 Å². The molecule has 0 aromatic heterocycles. The number of hydrogen-bond acceptors (Lipinski definition) is 7. The Bertz CT molecular complexity index is 937. The third kappa shape index (κ3) is 4.02. The van der Waals surface area contributed by atoms with Crippen LogP contribution < -0.4 is 10.6 Å². The average molecular weight is 396 g/mol. The topological polar surface area (TPSA) is 94.0 Å². The van der Waals surface area contributed by atoms with Gasteiger partial charge in [0.25, 0.3) is 5.69 Å². The number of anilines is 1. The molecule has 1 atom stereocenters. The maximum absolute atomic E-state index is 11.1. The first-order chi connectivity index (χ1) is 13.6. The third-order valence-electron chi connectivity index (χ3n) is 4.74. The van der Waals surface area contributed by atoms with E-state index in [4.69, 9.17) is 10.5 Å². The molecule has 4 rings (SSSR count). The van der Waals surface area contributed by atoms with E-state index in [1.54, 1.807) is 12.1 Å². The summed E-state index contributed by atoms with van der Waals surface area (Å²) in [5.41, 5.74) is 9.86. The van der Waals surface area contributed by atoms with Crippen molar-refractivity contribution in [3.63, 3.8) is 0 Å². The normalized spacial score (nSPS) is 19.7. The van der Waals surface area contributed by atoms with E-state index in [1.165, 1.54) is 17.8 Å². The van der Waals surface area contributed by atoms with Crippen molar-refractivity contribution in [2.75, 3.05) is 31.2 Å². The van der Waals surface area contributed by atoms with Gasteiger partial charge in [-0.25, -0.2) is 4.99 Å². The van der Waals surface area contributed by atoms with Crippen LogP contribution in [0.5, 0.6) is 0 Å². The summed E-state index contributed by atoms with van der Waals surface area (Å²) < 4.78 is 5.40. The molecule has 2 N–H and O–H groups in total. The molecule has 1 fully saturated rings. The van der Waals surface area contributed by atoms with Crippen molar-refractivity contribution in [3.8, 4) is 0 Å². The van der Waals surface area contributed by atoms with Crippen molar-refractivity contribution in [3.05, 3.63) is 75.8 Å². The predicted molar refractivity (Wildman–Crippen MR) is 113 cm³/mol. The summed E-state index contributed by atoms with van der Waals surface area (Å²) in [6, 6.07) is 14.9. The Morgan fingerprint density at radius 2 is 1.93 bits per heavy atom. The first-order valence-electron chi connectivity index (χ1n) is 9.00. The second kappa shape index (κ2) is 8.04. The summed E-state index contributed by atoms with van der Waals surface area (Å²) in [4.78, 5) is 17.5. The molecule has 28 heavy (non-hydrogen) atoms. The number of non-ortho nitro benzene ring substituents is 1. The molecule has 2 aromatic carbocycles. The zero-order chi connectivity index (χ0) is 19.5. The van der Waals surface area contributed by atoms with Crippen LogP contribution in [0.1, 0.15) is 16.4 Å². The molecular weight excluding hydrogens is 376 g/mol. The quantitative estimate of drug-likeness (QED) is 0.627. The van der Waals surface area contributed by atoms with Crippen LogP contribution in [0.15, 0.2) is 59.6 Å². The van der Waals surface area contributed by atoms with Gasteiger partial charge in [0.05, 0.1) is 29.1 Å². The molecule has 8 heteroatoms. The number of nitrogens with two attached hydrogens (primary N) is 1. The van der Waals surface area contributed by atoms with E-state index in [0.29, 0.717) is 5.17 Å². The highest BCUT2D eigenvalue weighted by molar-refractivity contribution is 8.14. The van der Waals surface area contributed by atoms with Gasteiger partial charge in [-0.1, -0.05) is 36.0 Å². The van der Waals surface area contributed by atoms with Crippen LogP contribution in [0.25, 0.3) is 5.70 Å². The van der Waals surface area contributed by atoms with Crippen molar-refractivity contribution in [2.24, 2.45) is 10.7 Å². The van der Waals surface area contributed by atoms with Gasteiger partial charge in [0.15, 0.2) is 5.17 Å². The number of aliphatic imine (C=N–C) groups is 1. The van der Waals surface area contributed by atoms with Gasteiger partial charge >= 0.3 is 0 Å². The Morgan fingerprint density at radius 3 is 2.64 bits per heavy atom. The number of morpholine rings is 1. The van der Waals surface area contributed by atoms with Crippen LogP contribution in [0.4, 0.5) is 11.4 Å². The van der Waals surface area contributed by atoms with Crippen LogP contribution in [0.2, 0.25) is 0 Å². The number of thioether (sulfide) groups is 1. The molecule has 1 saturated heterocycles. The minimum Gasteiger partial charge on any atom is -0.378 e. The Hall–Kier alpha value is -2.84. The summed E-state index contributed by atoms with van der Waals surface area (Å²) >= 11 is 1.39. The molecule has 2 aliphatic heterocycles. The summed E-state index contributed by atoms with van der Waals surface area (Å²) in [5, 5.41) is 11.4. The number of amidine groups is 1. The lowest BCUT2D eigenvalue weighted by atomic mass is 10.1. The number of nitro groups is 1. The molecule has 1 unspecified atom stereocenters. The van der Waals surface area contributed by atoms with Crippen molar-refractivity contribution in [2.45, 2.75) is 5.25 Å². The molecule has 144 valence electrons. The van der Waals surface area contributed by atoms with E-state index >= 15 is 0 Å². The first-order valence-corrected chi connectivity index (χ1v) is 9.88. The van der Waals surface area contributed by atoms with Crippen molar-refractivity contribution >= 4 is 34.0 Å². The zero-order valence-corrected chi connectivity index (χ0v) is 16.0. The van der Waals surface area contributed by atoms with Crippen LogP contribution in [-0.4, -0.2) is 36.4 Å². The molecule has 2 heterocycles. The Balaban J connectivity index is 1.59. The first kappa shape index (κ1) is 18.5. The van der Waals surface area contributed by atoms with Gasteiger partial charge in [0.1, 0.15) is 0 Å². The van der Waals surface area contributed by atoms with Crippen LogP contribution in [0, 0.1) is 10.1 Å². The van der Waals surface area contributed by atoms with Gasteiger partial charge < -0.3 is 15.4 Å². The van der Waals surface area contributed by atoms with E-state index in [9.17, 15) is 10.1 Å². The summed E-state index contributed by atoms with van der Waals surface area (Å²) in [5.74, 6) is 0. The van der Waals surface area contributed by atoms with Gasteiger partial charge in [-0.05, 0) is 23.8 Å². The molecule has 2 aromatic rings. The molecule has 0 aliphatic carbocycles. The Kier molecular flexibility index (Phi) is 5.31. The predicted octanol–water partition coefficient (Wildman–Crippen LogP) is 3.58. The minimum absolute atomic E-state index is 0.0731. The molecule has 0 spiro atoms. The molecule has 2 aliphatic rings. The molecular formula is C20H20N4O3S. The summed E-state index contributed by atoms with van der Waals surface area (Å²) in [6.07, 6.45) is 2.00. The molecule has 0 amide bonds. The number of ether oxygens (including phenoxy) is 1. The number of nitro benzene ring substituents is 1. The van der Waals surface area contributed by atoms with Crippen LogP contribution in [0.3, 0.4) is 0 Å². The van der Waals surface area contributed by atoms with Crippen molar-refractivity contribution < 1.29 is 9.66 Å². The van der Waals surface area contributed by atoms with Crippen LogP contribution in [-0.2, 0) is 4.74 Å². The smallest absolute Gasteiger partial charge is 0.269 e. The second-order valence-electron chi connectivity index (χ2n) is 6.54. The van der Waals surface area contributed by atoms with E-state index < -0.39 is 0 Å². The average Bonchev–Trinajstić information content (AvgIpc) is 2.74. The molecule has 7 nitrogen and oxygen atoms in total. The number of rotatable bonds is 4. The Labute approximate surface area is 167 Å². The lowest BCUT2D eigenvalue weighted by Gasteiger charge is -2.29. The molecule has 0 bridgehead atoms. The maximum atomic E-state index is 11.1. The lowest BCUT2D eigenvalue weighted by Crippen LogP contribution is -2.36. The summed E-state index contributed by atoms with van der Waals surface area (Å²) in [7, 11) is 0. The summed E-state index contributed by atoms with van der Waals surface area (Å²) in [6.45, 7) is 3.27. The fourth-order valence-corrected chi connectivity index (χ4v) is 4.19. The van der Waals surface area contributed by atoms with Crippen LogP contribution >= 0.6 is 11.8 Å². The molecule has 0 radical (unpaired) electrons. The number of nitrogens with zero attached hydrogens (tertiary/aromatic N) is 3. The van der Waals surface area contributed by atoms with E-state index in [0.717, 1.165) is 48.8 Å². The fourth-order valence-electron chi connectivity index (χ4n) is 3.29. The zero-order valence-electron chi connectivity index (χ0n) is 15.2. The monoisotopic (exact) mass is 396 g/mol. The number of hydrogen-bond donors (Lipinski definition) is 1. The van der Waals surface area contributed by atoms with E-state index in [-0.39, 0.29) is 15.9 Å². The largest absolute Gasteiger partial charge is 0.378 e.